The Morgan fingerprint density at radius 3 is 2.40 bits per heavy atom. The molecule has 4 heteroatoms. The van der Waals surface area contributed by atoms with Crippen LogP contribution >= 0.6 is 15.9 Å². The maximum Gasteiger partial charge on any atom is 0.255 e. The van der Waals surface area contributed by atoms with Crippen LogP contribution in [0.5, 0.6) is 0 Å². The molecule has 1 amide bonds. The molecule has 20 heavy (non-hydrogen) atoms. The molecule has 2 rings (SSSR count). The van der Waals surface area contributed by atoms with Crippen molar-refractivity contribution in [2.75, 3.05) is 17.7 Å². The molecular weight excluding hydrogens is 316 g/mol. The summed E-state index contributed by atoms with van der Waals surface area (Å²) in [4.78, 5) is 12.3. The van der Waals surface area contributed by atoms with Crippen molar-refractivity contribution in [1.82, 2.24) is 0 Å². The third-order valence-corrected chi connectivity index (χ3v) is 3.52. The fourth-order valence-corrected chi connectivity index (χ4v) is 2.69. The molecule has 0 unspecified atom stereocenters. The number of carbonyl (C=O) groups is 1. The minimum atomic E-state index is -0.0948. The van der Waals surface area contributed by atoms with Crippen LogP contribution in [0.15, 0.2) is 40.9 Å². The van der Waals surface area contributed by atoms with E-state index in [2.05, 4.69) is 26.6 Å². The Morgan fingerprint density at radius 1 is 1.05 bits per heavy atom. The zero-order valence-electron chi connectivity index (χ0n) is 11.8. The fourth-order valence-electron chi connectivity index (χ4n) is 2.08. The summed E-state index contributed by atoms with van der Waals surface area (Å²) in [7, 11) is 1.86. The Bertz CT molecular complexity index is 633. The summed E-state index contributed by atoms with van der Waals surface area (Å²) in [6.07, 6.45) is 0. The third kappa shape index (κ3) is 3.39. The van der Waals surface area contributed by atoms with Gasteiger partial charge < -0.3 is 10.6 Å². The molecule has 104 valence electrons. The first-order valence-corrected chi connectivity index (χ1v) is 7.16. The average Bonchev–Trinajstić information content (AvgIpc) is 2.36. The summed E-state index contributed by atoms with van der Waals surface area (Å²) in [5, 5.41) is 5.99. The highest BCUT2D eigenvalue weighted by Crippen LogP contribution is 2.21. The van der Waals surface area contributed by atoms with Crippen molar-refractivity contribution < 1.29 is 4.79 Å². The molecular formula is C16H17BrN2O. The van der Waals surface area contributed by atoms with Crippen molar-refractivity contribution in [3.05, 3.63) is 57.6 Å². The van der Waals surface area contributed by atoms with Crippen LogP contribution in [0.3, 0.4) is 0 Å². The highest BCUT2D eigenvalue weighted by atomic mass is 79.9. The van der Waals surface area contributed by atoms with Crippen molar-refractivity contribution in [1.29, 1.82) is 0 Å². The third-order valence-electron chi connectivity index (χ3n) is 3.06. The van der Waals surface area contributed by atoms with Crippen molar-refractivity contribution >= 4 is 33.2 Å². The SMILES string of the molecule is CNc1ccc(C(=O)Nc2cc(C)cc(Br)c2)c(C)c1. The molecule has 2 N–H and O–H groups in total. The number of rotatable bonds is 3. The fraction of sp³-hybridized carbons (Fsp3) is 0.188. The second-order valence-corrected chi connectivity index (χ2v) is 5.67. The first-order valence-electron chi connectivity index (χ1n) is 6.36. The largest absolute Gasteiger partial charge is 0.388 e. The monoisotopic (exact) mass is 332 g/mol. The molecule has 0 spiro atoms. The molecule has 0 saturated carbocycles. The summed E-state index contributed by atoms with van der Waals surface area (Å²) >= 11 is 3.43. The van der Waals surface area contributed by atoms with Gasteiger partial charge in [0.25, 0.3) is 5.91 Å². The standard InChI is InChI=1S/C16H17BrN2O/c1-10-6-12(17)9-14(7-10)19-16(20)15-5-4-13(18-3)8-11(15)2/h4-9,18H,1-3H3,(H,19,20). The predicted molar refractivity (Wildman–Crippen MR) is 87.6 cm³/mol. The van der Waals surface area contributed by atoms with Gasteiger partial charge in [0.2, 0.25) is 0 Å². The second kappa shape index (κ2) is 6.09. The van der Waals surface area contributed by atoms with Crippen LogP contribution in [0, 0.1) is 13.8 Å². The minimum absolute atomic E-state index is 0.0948. The first kappa shape index (κ1) is 14.6. The van der Waals surface area contributed by atoms with Crippen LogP contribution < -0.4 is 10.6 Å². The van der Waals surface area contributed by atoms with Gasteiger partial charge in [0.05, 0.1) is 0 Å². The highest BCUT2D eigenvalue weighted by Gasteiger charge is 2.10. The van der Waals surface area contributed by atoms with Gasteiger partial charge in [0, 0.05) is 28.5 Å². The van der Waals surface area contributed by atoms with Gasteiger partial charge in [0.1, 0.15) is 0 Å². The highest BCUT2D eigenvalue weighted by molar-refractivity contribution is 9.10. The van der Waals surface area contributed by atoms with Crippen molar-refractivity contribution in [3.63, 3.8) is 0 Å². The molecule has 2 aromatic carbocycles. The maximum absolute atomic E-state index is 12.3. The molecule has 0 fully saturated rings. The number of aryl methyl sites for hydroxylation is 2. The van der Waals surface area contributed by atoms with Gasteiger partial charge in [-0.25, -0.2) is 0 Å². The van der Waals surface area contributed by atoms with Crippen molar-refractivity contribution in [2.24, 2.45) is 0 Å². The Morgan fingerprint density at radius 2 is 1.80 bits per heavy atom. The van der Waals surface area contributed by atoms with Crippen LogP contribution in [-0.2, 0) is 0 Å². The van der Waals surface area contributed by atoms with Crippen LogP contribution in [0.4, 0.5) is 11.4 Å². The molecule has 0 radical (unpaired) electrons. The Balaban J connectivity index is 2.23. The smallest absolute Gasteiger partial charge is 0.255 e. The van der Waals surface area contributed by atoms with Crippen LogP contribution in [-0.4, -0.2) is 13.0 Å². The molecule has 0 saturated heterocycles. The number of benzene rings is 2. The lowest BCUT2D eigenvalue weighted by molar-refractivity contribution is 0.102. The van der Waals surface area contributed by atoms with Crippen LogP contribution in [0.25, 0.3) is 0 Å². The number of anilines is 2. The summed E-state index contributed by atoms with van der Waals surface area (Å²) < 4.78 is 0.954. The van der Waals surface area contributed by atoms with E-state index in [1.807, 2.05) is 57.3 Å². The summed E-state index contributed by atoms with van der Waals surface area (Å²) in [6.45, 7) is 3.93. The number of nitrogens with one attached hydrogen (secondary N) is 2. The molecule has 2 aromatic rings. The van der Waals surface area contributed by atoms with E-state index in [0.29, 0.717) is 5.56 Å². The molecule has 0 heterocycles. The van der Waals surface area contributed by atoms with E-state index in [0.717, 1.165) is 27.0 Å². The zero-order valence-corrected chi connectivity index (χ0v) is 13.3. The van der Waals surface area contributed by atoms with E-state index in [9.17, 15) is 4.79 Å². The lowest BCUT2D eigenvalue weighted by Gasteiger charge is -2.10. The van der Waals surface area contributed by atoms with Crippen molar-refractivity contribution in [2.45, 2.75) is 13.8 Å². The van der Waals surface area contributed by atoms with Gasteiger partial charge >= 0.3 is 0 Å². The van der Waals surface area contributed by atoms with E-state index in [1.165, 1.54) is 0 Å². The molecule has 0 atom stereocenters. The number of hydrogen-bond acceptors (Lipinski definition) is 2. The van der Waals surface area contributed by atoms with E-state index in [4.69, 9.17) is 0 Å². The van der Waals surface area contributed by atoms with Crippen LogP contribution in [0.2, 0.25) is 0 Å². The van der Waals surface area contributed by atoms with Gasteiger partial charge in [-0.2, -0.15) is 0 Å². The molecule has 0 aliphatic rings. The Labute approximate surface area is 127 Å². The van der Waals surface area contributed by atoms with Gasteiger partial charge in [-0.3, -0.25) is 4.79 Å². The Hall–Kier alpha value is -1.81. The normalized spacial score (nSPS) is 10.2. The van der Waals surface area contributed by atoms with E-state index in [-0.39, 0.29) is 5.91 Å². The summed E-state index contributed by atoms with van der Waals surface area (Å²) in [6, 6.07) is 11.5. The van der Waals surface area contributed by atoms with E-state index < -0.39 is 0 Å². The molecule has 0 bridgehead atoms. The van der Waals surface area contributed by atoms with E-state index in [1.54, 1.807) is 0 Å². The van der Waals surface area contributed by atoms with Gasteiger partial charge in [-0.15, -0.1) is 0 Å². The lowest BCUT2D eigenvalue weighted by Crippen LogP contribution is -2.13. The maximum atomic E-state index is 12.3. The zero-order chi connectivity index (χ0) is 14.7. The summed E-state index contributed by atoms with van der Waals surface area (Å²) in [5.41, 5.74) is 4.51. The second-order valence-electron chi connectivity index (χ2n) is 4.75. The topological polar surface area (TPSA) is 41.1 Å². The Kier molecular flexibility index (Phi) is 4.45. The van der Waals surface area contributed by atoms with Gasteiger partial charge in [-0.1, -0.05) is 15.9 Å². The molecule has 3 nitrogen and oxygen atoms in total. The predicted octanol–water partition coefficient (Wildman–Crippen LogP) is 4.36. The molecule has 0 aliphatic heterocycles. The van der Waals surface area contributed by atoms with Gasteiger partial charge in [-0.05, 0) is 61.4 Å². The first-order chi connectivity index (χ1) is 9.49. The number of amides is 1. The van der Waals surface area contributed by atoms with Crippen LogP contribution in [0.1, 0.15) is 21.5 Å². The number of hydrogen-bond donors (Lipinski definition) is 2. The minimum Gasteiger partial charge on any atom is -0.388 e. The molecule has 0 aromatic heterocycles. The molecule has 0 aliphatic carbocycles. The number of halogens is 1. The lowest BCUT2D eigenvalue weighted by atomic mass is 10.1. The van der Waals surface area contributed by atoms with E-state index >= 15 is 0 Å². The summed E-state index contributed by atoms with van der Waals surface area (Å²) in [5.74, 6) is -0.0948. The van der Waals surface area contributed by atoms with Crippen molar-refractivity contribution in [3.8, 4) is 0 Å². The quantitative estimate of drug-likeness (QED) is 0.876. The average molecular weight is 333 g/mol. The van der Waals surface area contributed by atoms with Gasteiger partial charge in [0.15, 0.2) is 0 Å². The number of carbonyl (C=O) groups excluding carboxylic acids is 1.